The molecule has 4 aromatic rings. The van der Waals surface area contributed by atoms with Crippen LogP contribution in [-0.2, 0) is 42.5 Å². The van der Waals surface area contributed by atoms with Gasteiger partial charge in [0.25, 0.3) is 11.8 Å². The highest BCUT2D eigenvalue weighted by molar-refractivity contribution is 7.91. The highest BCUT2D eigenvalue weighted by Crippen LogP contribution is 2.40. The molecule has 0 aliphatic carbocycles. The summed E-state index contributed by atoms with van der Waals surface area (Å²) >= 11 is 25.8. The lowest BCUT2D eigenvalue weighted by Gasteiger charge is -2.33. The van der Waals surface area contributed by atoms with Crippen LogP contribution in [0.1, 0.15) is 77.3 Å². The van der Waals surface area contributed by atoms with Crippen LogP contribution in [0.4, 0.5) is 0 Å². The molecule has 6 N–H and O–H groups in total. The third-order valence-electron chi connectivity index (χ3n) is 13.5. The van der Waals surface area contributed by atoms with Crippen LogP contribution in [0.3, 0.4) is 0 Å². The number of sulfone groups is 1. The van der Waals surface area contributed by atoms with Crippen molar-refractivity contribution in [1.29, 1.82) is 0 Å². The number of hydrogen-bond donors (Lipinski definition) is 6. The topological polar surface area (TPSA) is 204 Å². The monoisotopic (exact) mass is 1140 g/mol. The van der Waals surface area contributed by atoms with E-state index in [4.69, 9.17) is 46.4 Å². The first-order chi connectivity index (χ1) is 35.1. The molecule has 74 heavy (non-hydrogen) atoms. The van der Waals surface area contributed by atoms with Crippen molar-refractivity contribution in [1.82, 2.24) is 40.3 Å². The Kier molecular flexibility index (Phi) is 22.4. The first kappa shape index (κ1) is 59.8. The van der Waals surface area contributed by atoms with Gasteiger partial charge in [-0.2, -0.15) is 0 Å². The lowest BCUT2D eigenvalue weighted by Crippen LogP contribution is -2.50. The van der Waals surface area contributed by atoms with E-state index >= 15 is 0 Å². The van der Waals surface area contributed by atoms with Crippen molar-refractivity contribution in [3.8, 4) is 0 Å². The SMILES string of the molecule is CN(CCCCNC(=O)[C@H](O)[C@@H](O)C(=O)NCCCN(C)CCCNS(=O)(=O)c1cccc(C2CN(C)Cc3c(Cl)cc(Cl)cc32)c1)CCCNCS(=O)(=O)c1cccc(C2CN(C)Cc3c(Cl)cc(Cl)cc32)c1. The molecule has 0 aromatic heterocycles. The summed E-state index contributed by atoms with van der Waals surface area (Å²) in [5, 5.41) is 31.2. The number of nitrogens with zero attached hydrogens (tertiary/aromatic N) is 4. The van der Waals surface area contributed by atoms with E-state index in [0.29, 0.717) is 91.6 Å². The van der Waals surface area contributed by atoms with Crippen LogP contribution in [0.15, 0.2) is 82.6 Å². The second-order valence-corrected chi connectivity index (χ2v) is 25.0. The van der Waals surface area contributed by atoms with Crippen LogP contribution in [0.25, 0.3) is 0 Å². The van der Waals surface area contributed by atoms with Crippen LogP contribution in [0.5, 0.6) is 0 Å². The van der Waals surface area contributed by atoms with E-state index in [1.807, 2.05) is 57.4 Å². The van der Waals surface area contributed by atoms with Crippen molar-refractivity contribution in [2.45, 2.75) is 79.0 Å². The quantitative estimate of drug-likeness (QED) is 0.0408. The molecule has 2 aliphatic heterocycles. The van der Waals surface area contributed by atoms with Crippen LogP contribution in [0, 0.1) is 0 Å². The van der Waals surface area contributed by atoms with Gasteiger partial charge in [0.2, 0.25) is 10.0 Å². The number of likely N-dealkylation sites (N-methyl/N-ethyl adjacent to an activating group) is 2. The van der Waals surface area contributed by atoms with Gasteiger partial charge in [-0.25, -0.2) is 21.6 Å². The van der Waals surface area contributed by atoms with Crippen LogP contribution in [-0.4, -0.2) is 170 Å². The molecule has 2 unspecified atom stereocenters. The average Bonchev–Trinajstić information content (AvgIpc) is 3.36. The molecule has 406 valence electrons. The number of aliphatic hydroxyl groups excluding tert-OH is 2. The maximum Gasteiger partial charge on any atom is 0.252 e. The van der Waals surface area contributed by atoms with Gasteiger partial charge < -0.3 is 45.8 Å². The van der Waals surface area contributed by atoms with E-state index in [2.05, 4.69) is 35.4 Å². The molecule has 6 rings (SSSR count). The molecular formula is C52H70Cl4N8O8S2. The van der Waals surface area contributed by atoms with Gasteiger partial charge in [-0.15, -0.1) is 0 Å². The number of aliphatic hydroxyl groups is 2. The fourth-order valence-electron chi connectivity index (χ4n) is 9.49. The third kappa shape index (κ3) is 16.8. The second-order valence-electron chi connectivity index (χ2n) is 19.6. The molecule has 0 bridgehead atoms. The van der Waals surface area contributed by atoms with Gasteiger partial charge in [-0.1, -0.05) is 70.7 Å². The number of carbonyl (C=O) groups is 2. The molecule has 0 spiro atoms. The summed E-state index contributed by atoms with van der Waals surface area (Å²) in [5.74, 6) is -2.09. The summed E-state index contributed by atoms with van der Waals surface area (Å²) in [6.45, 7) is 6.47. The number of hydrogen-bond acceptors (Lipinski definition) is 13. The fraction of sp³-hybridized carbons (Fsp3) is 0.500. The Hall–Kier alpha value is -3.44. The van der Waals surface area contributed by atoms with Crippen molar-refractivity contribution >= 4 is 78.1 Å². The number of halogens is 4. The van der Waals surface area contributed by atoms with E-state index < -0.39 is 43.9 Å². The largest absolute Gasteiger partial charge is 0.380 e. The smallest absolute Gasteiger partial charge is 0.252 e. The molecule has 0 saturated heterocycles. The van der Waals surface area contributed by atoms with Gasteiger partial charge in [0.05, 0.1) is 9.79 Å². The standard InChI is InChI=1S/C52H70Cl4N8O8S2/c1-61(21-9-16-57-34-73(69,70)39-14-7-12-35(24-39)43-30-63(3)32-45-41(43)26-37(53)28-47(45)55)20-6-5-17-58-51(67)49(65)50(66)52(68)59-18-10-22-62(2)23-11-19-60-74(71,72)40-15-8-13-36(25-40)44-31-64(4)33-46-42(44)27-38(54)29-48(46)56/h7-8,12-15,24-29,43-44,49-50,57,60,65-66H,5-6,9-11,16-23,30-34H2,1-4H3,(H,58,67)(H,59,68)/t43?,44?,49-,50-/m1/s1. The van der Waals surface area contributed by atoms with Crippen LogP contribution in [0.2, 0.25) is 20.1 Å². The van der Waals surface area contributed by atoms with E-state index in [9.17, 15) is 36.6 Å². The fourth-order valence-corrected chi connectivity index (χ4v) is 12.9. The van der Waals surface area contributed by atoms with Crippen LogP contribution < -0.4 is 20.7 Å². The number of carbonyl (C=O) groups excluding carboxylic acids is 2. The van der Waals surface area contributed by atoms with E-state index in [-0.39, 0.29) is 47.1 Å². The number of rotatable bonds is 27. The number of nitrogens with one attached hydrogen (secondary N) is 4. The average molecular weight is 1140 g/mol. The first-order valence-electron chi connectivity index (χ1n) is 24.9. The molecule has 4 aromatic carbocycles. The summed E-state index contributed by atoms with van der Waals surface area (Å²) in [4.78, 5) is 33.9. The van der Waals surface area contributed by atoms with Crippen molar-refractivity contribution in [3.05, 3.63) is 126 Å². The number of fused-ring (bicyclic) bond motifs is 2. The number of amides is 2. The maximum absolute atomic E-state index is 13.3. The van der Waals surface area contributed by atoms with Gasteiger partial charge in [0.1, 0.15) is 5.88 Å². The second kappa shape index (κ2) is 27.7. The molecule has 2 aliphatic rings. The lowest BCUT2D eigenvalue weighted by atomic mass is 9.85. The minimum atomic E-state index is -3.79. The molecule has 2 amide bonds. The van der Waals surface area contributed by atoms with Gasteiger partial charge in [0.15, 0.2) is 22.0 Å². The Balaban J connectivity index is 0.794. The zero-order valence-corrected chi connectivity index (χ0v) is 47.1. The molecule has 0 radical (unpaired) electrons. The summed E-state index contributed by atoms with van der Waals surface area (Å²) in [7, 11) is 0.448. The van der Waals surface area contributed by atoms with Crippen molar-refractivity contribution in [3.63, 3.8) is 0 Å². The molecule has 2 heterocycles. The molecular weight excluding hydrogens is 1070 g/mol. The molecule has 0 saturated carbocycles. The van der Waals surface area contributed by atoms with Gasteiger partial charge >= 0.3 is 0 Å². The number of sulfonamides is 1. The summed E-state index contributed by atoms with van der Waals surface area (Å²) in [6, 6.07) is 21.3. The van der Waals surface area contributed by atoms with E-state index in [0.717, 1.165) is 52.9 Å². The van der Waals surface area contributed by atoms with Crippen molar-refractivity contribution in [2.24, 2.45) is 0 Å². The number of benzene rings is 4. The Labute approximate surface area is 457 Å². The van der Waals surface area contributed by atoms with Gasteiger partial charge in [-0.05, 0) is 175 Å². The Morgan fingerprint density at radius 1 is 0.622 bits per heavy atom. The van der Waals surface area contributed by atoms with E-state index in [1.54, 1.807) is 48.5 Å². The first-order valence-corrected chi connectivity index (χ1v) is 29.5. The Bertz CT molecular complexity index is 2800. The van der Waals surface area contributed by atoms with Gasteiger partial charge in [-0.3, -0.25) is 9.59 Å². The third-order valence-corrected chi connectivity index (χ3v) is 17.6. The normalized spacial score (nSPS) is 17.2. The van der Waals surface area contributed by atoms with Crippen molar-refractivity contribution in [2.75, 3.05) is 99.5 Å². The molecule has 4 atom stereocenters. The number of unbranched alkanes of at least 4 members (excludes halogenated alkanes) is 1. The summed E-state index contributed by atoms with van der Waals surface area (Å²) in [6.07, 6.45) is -0.799. The predicted molar refractivity (Wildman–Crippen MR) is 294 cm³/mol. The molecule has 16 nitrogen and oxygen atoms in total. The minimum absolute atomic E-state index is 0.0777. The van der Waals surface area contributed by atoms with Gasteiger partial charge in [0, 0.05) is 77.7 Å². The Morgan fingerprint density at radius 2 is 1.07 bits per heavy atom. The summed E-state index contributed by atoms with van der Waals surface area (Å²) in [5.41, 5.74) is 5.72. The lowest BCUT2D eigenvalue weighted by molar-refractivity contribution is -0.146. The highest BCUT2D eigenvalue weighted by Gasteiger charge is 2.32. The zero-order valence-electron chi connectivity index (χ0n) is 42.4. The zero-order chi connectivity index (χ0) is 53.7. The highest BCUT2D eigenvalue weighted by atomic mass is 35.5. The molecule has 0 fully saturated rings. The van der Waals surface area contributed by atoms with Crippen LogP contribution >= 0.6 is 46.4 Å². The maximum atomic E-state index is 13.3. The predicted octanol–water partition coefficient (Wildman–Crippen LogP) is 5.52. The van der Waals surface area contributed by atoms with Crippen molar-refractivity contribution < 1.29 is 36.6 Å². The Morgan fingerprint density at radius 3 is 1.59 bits per heavy atom. The molecule has 22 heteroatoms. The minimum Gasteiger partial charge on any atom is -0.380 e. The summed E-state index contributed by atoms with van der Waals surface area (Å²) < 4.78 is 56.0. The van der Waals surface area contributed by atoms with E-state index in [1.165, 1.54) is 0 Å².